The minimum absolute atomic E-state index is 0.0785. The molecule has 0 bridgehead atoms. The Hall–Kier alpha value is -1.39. The van der Waals surface area contributed by atoms with Gasteiger partial charge in [-0.25, -0.2) is 0 Å². The van der Waals surface area contributed by atoms with Gasteiger partial charge < -0.3 is 10.6 Å². The number of fused-ring (bicyclic) bond motifs is 1. The number of hydrogen-bond acceptors (Lipinski definition) is 3. The molecule has 1 aromatic carbocycles. The molecule has 2 N–H and O–H groups in total. The average Bonchev–Trinajstić information content (AvgIpc) is 3.23. The maximum atomic E-state index is 12.5. The van der Waals surface area contributed by atoms with E-state index in [2.05, 4.69) is 27.7 Å². The van der Waals surface area contributed by atoms with Crippen molar-refractivity contribution in [3.8, 4) is 0 Å². The Morgan fingerprint density at radius 1 is 1.15 bits per heavy atom. The monoisotopic (exact) mass is 355 g/mol. The maximum Gasteiger partial charge on any atom is 0.251 e. The van der Waals surface area contributed by atoms with Crippen molar-refractivity contribution < 1.29 is 4.79 Å². The highest BCUT2D eigenvalue weighted by Gasteiger charge is 2.43. The molecule has 0 aromatic heterocycles. The first-order valence-corrected chi connectivity index (χ1v) is 10.6. The summed E-state index contributed by atoms with van der Waals surface area (Å²) in [5.41, 5.74) is 2.54. The maximum absolute atomic E-state index is 12.5. The van der Waals surface area contributed by atoms with E-state index in [9.17, 15) is 4.79 Å². The SMILES string of the molecule is O=C(NCCC12CCCN1CCC2)c1ccc(CC2CCCNC2)cc1. The predicted octanol–water partition coefficient (Wildman–Crippen LogP) is 2.98. The highest BCUT2D eigenvalue weighted by molar-refractivity contribution is 5.94. The summed E-state index contributed by atoms with van der Waals surface area (Å²) in [6, 6.07) is 8.27. The van der Waals surface area contributed by atoms with E-state index < -0.39 is 0 Å². The van der Waals surface area contributed by atoms with Crippen LogP contribution in [0, 0.1) is 5.92 Å². The number of piperidine rings is 1. The van der Waals surface area contributed by atoms with Crippen LogP contribution in [0.4, 0.5) is 0 Å². The molecule has 4 heteroatoms. The Labute approximate surface area is 157 Å². The van der Waals surface area contributed by atoms with Crippen LogP contribution >= 0.6 is 0 Å². The number of amides is 1. The van der Waals surface area contributed by atoms with E-state index in [0.717, 1.165) is 44.0 Å². The summed E-state index contributed by atoms with van der Waals surface area (Å²) in [6.07, 6.45) is 10.1. The van der Waals surface area contributed by atoms with Crippen LogP contribution in [-0.4, -0.2) is 49.1 Å². The molecule has 3 fully saturated rings. The van der Waals surface area contributed by atoms with Crippen molar-refractivity contribution in [2.75, 3.05) is 32.7 Å². The summed E-state index contributed by atoms with van der Waals surface area (Å²) < 4.78 is 0. The molecular weight excluding hydrogens is 322 g/mol. The van der Waals surface area contributed by atoms with Gasteiger partial charge in [-0.05, 0) is 101 Å². The van der Waals surface area contributed by atoms with E-state index in [-0.39, 0.29) is 5.91 Å². The van der Waals surface area contributed by atoms with Crippen LogP contribution in [0.2, 0.25) is 0 Å². The molecule has 26 heavy (non-hydrogen) atoms. The molecule has 4 rings (SSSR count). The average molecular weight is 356 g/mol. The molecule has 0 aliphatic carbocycles. The van der Waals surface area contributed by atoms with Gasteiger partial charge in [-0.3, -0.25) is 9.69 Å². The summed E-state index contributed by atoms with van der Waals surface area (Å²) in [6.45, 7) is 5.60. The summed E-state index contributed by atoms with van der Waals surface area (Å²) >= 11 is 0. The van der Waals surface area contributed by atoms with E-state index in [0.29, 0.717) is 5.54 Å². The highest BCUT2D eigenvalue weighted by atomic mass is 16.1. The van der Waals surface area contributed by atoms with Gasteiger partial charge in [0.05, 0.1) is 0 Å². The van der Waals surface area contributed by atoms with Crippen LogP contribution in [0.1, 0.15) is 60.9 Å². The van der Waals surface area contributed by atoms with Gasteiger partial charge >= 0.3 is 0 Å². The third-order valence-corrected chi connectivity index (χ3v) is 6.83. The van der Waals surface area contributed by atoms with E-state index in [1.54, 1.807) is 0 Å². The Balaban J connectivity index is 1.25. The van der Waals surface area contributed by atoms with Crippen LogP contribution in [-0.2, 0) is 6.42 Å². The van der Waals surface area contributed by atoms with Gasteiger partial charge in [-0.15, -0.1) is 0 Å². The lowest BCUT2D eigenvalue weighted by Gasteiger charge is -2.32. The first kappa shape index (κ1) is 18.0. The quantitative estimate of drug-likeness (QED) is 0.825. The number of carbonyl (C=O) groups excluding carboxylic acids is 1. The first-order valence-electron chi connectivity index (χ1n) is 10.6. The van der Waals surface area contributed by atoms with Crippen molar-refractivity contribution >= 4 is 5.91 Å². The number of nitrogens with zero attached hydrogens (tertiary/aromatic N) is 1. The van der Waals surface area contributed by atoms with Crippen LogP contribution in [0.3, 0.4) is 0 Å². The summed E-state index contributed by atoms with van der Waals surface area (Å²) in [4.78, 5) is 15.1. The molecule has 1 amide bonds. The molecule has 3 aliphatic rings. The van der Waals surface area contributed by atoms with Crippen LogP contribution in [0.15, 0.2) is 24.3 Å². The number of benzene rings is 1. The summed E-state index contributed by atoms with van der Waals surface area (Å²) in [7, 11) is 0. The van der Waals surface area contributed by atoms with Crippen molar-refractivity contribution in [3.05, 3.63) is 35.4 Å². The fraction of sp³-hybridized carbons (Fsp3) is 0.682. The number of carbonyl (C=O) groups is 1. The molecule has 3 heterocycles. The van der Waals surface area contributed by atoms with E-state index in [1.165, 1.54) is 57.2 Å². The second-order valence-corrected chi connectivity index (χ2v) is 8.54. The van der Waals surface area contributed by atoms with Crippen LogP contribution in [0.25, 0.3) is 0 Å². The molecular formula is C22H33N3O. The predicted molar refractivity (Wildman–Crippen MR) is 105 cm³/mol. The van der Waals surface area contributed by atoms with E-state index >= 15 is 0 Å². The number of hydrogen-bond donors (Lipinski definition) is 2. The third kappa shape index (κ3) is 3.96. The standard InChI is InChI=1S/C22H33N3O/c26-21(24-13-11-22-9-2-14-25(22)15-3-10-22)20-7-5-18(6-8-20)16-19-4-1-12-23-17-19/h5-8,19,23H,1-4,9-17H2,(H,24,26). The van der Waals surface area contributed by atoms with Gasteiger partial charge in [0.2, 0.25) is 0 Å². The number of rotatable bonds is 6. The smallest absolute Gasteiger partial charge is 0.251 e. The Bertz CT molecular complexity index is 596. The zero-order valence-electron chi connectivity index (χ0n) is 15.9. The Kier molecular flexibility index (Phi) is 5.60. The van der Waals surface area contributed by atoms with Crippen molar-refractivity contribution in [1.29, 1.82) is 0 Å². The van der Waals surface area contributed by atoms with Crippen LogP contribution in [0.5, 0.6) is 0 Å². The molecule has 0 radical (unpaired) electrons. The zero-order valence-corrected chi connectivity index (χ0v) is 15.9. The minimum atomic E-state index is 0.0785. The second-order valence-electron chi connectivity index (χ2n) is 8.54. The lowest BCUT2D eigenvalue weighted by atomic mass is 9.90. The molecule has 1 atom stereocenters. The molecule has 142 valence electrons. The van der Waals surface area contributed by atoms with Gasteiger partial charge in [-0.2, -0.15) is 0 Å². The van der Waals surface area contributed by atoms with Crippen LogP contribution < -0.4 is 10.6 Å². The number of nitrogens with one attached hydrogen (secondary N) is 2. The molecule has 4 nitrogen and oxygen atoms in total. The molecule has 3 aliphatic heterocycles. The fourth-order valence-electron chi connectivity index (χ4n) is 5.37. The lowest BCUT2D eigenvalue weighted by Crippen LogP contribution is -2.41. The Morgan fingerprint density at radius 3 is 2.62 bits per heavy atom. The topological polar surface area (TPSA) is 44.4 Å². The summed E-state index contributed by atoms with van der Waals surface area (Å²) in [5, 5.41) is 6.64. The van der Waals surface area contributed by atoms with Crippen molar-refractivity contribution in [2.24, 2.45) is 5.92 Å². The second kappa shape index (κ2) is 8.10. The lowest BCUT2D eigenvalue weighted by molar-refractivity contribution is 0.0943. The highest BCUT2D eigenvalue weighted by Crippen LogP contribution is 2.40. The molecule has 3 saturated heterocycles. The minimum Gasteiger partial charge on any atom is -0.352 e. The largest absolute Gasteiger partial charge is 0.352 e. The van der Waals surface area contributed by atoms with E-state index in [1.807, 2.05) is 12.1 Å². The van der Waals surface area contributed by atoms with Crippen molar-refractivity contribution in [2.45, 2.75) is 56.9 Å². The van der Waals surface area contributed by atoms with Gasteiger partial charge in [0.1, 0.15) is 0 Å². The molecule has 1 unspecified atom stereocenters. The summed E-state index contributed by atoms with van der Waals surface area (Å²) in [5.74, 6) is 0.818. The Morgan fingerprint density at radius 2 is 1.92 bits per heavy atom. The van der Waals surface area contributed by atoms with Gasteiger partial charge in [0.15, 0.2) is 0 Å². The molecule has 0 spiro atoms. The third-order valence-electron chi connectivity index (χ3n) is 6.83. The fourth-order valence-corrected chi connectivity index (χ4v) is 5.37. The molecule has 1 aromatic rings. The first-order chi connectivity index (χ1) is 12.8. The van der Waals surface area contributed by atoms with Gasteiger partial charge in [-0.1, -0.05) is 12.1 Å². The van der Waals surface area contributed by atoms with Gasteiger partial charge in [0, 0.05) is 17.6 Å². The zero-order chi connectivity index (χ0) is 17.8. The van der Waals surface area contributed by atoms with Gasteiger partial charge in [0.25, 0.3) is 5.91 Å². The molecule has 0 saturated carbocycles. The normalized spacial score (nSPS) is 25.2. The van der Waals surface area contributed by atoms with Crippen molar-refractivity contribution in [1.82, 2.24) is 15.5 Å². The van der Waals surface area contributed by atoms with Crippen molar-refractivity contribution in [3.63, 3.8) is 0 Å². The van der Waals surface area contributed by atoms with E-state index in [4.69, 9.17) is 0 Å².